The van der Waals surface area contributed by atoms with Crippen LogP contribution in [0.4, 0.5) is 5.69 Å². The molecule has 8 heteroatoms. The van der Waals surface area contributed by atoms with E-state index in [0.29, 0.717) is 22.2 Å². The Balaban J connectivity index is 1.50. The standard InChI is InChI=1S/C29H31N3O3S2/c1-6-35-28(34)25-22-9-7-8-10-23(22)36-27(25)32-18(4)14-20(19(32)5)15-24-26(33)31-29(37-24)30-21-12-11-16(2)17(3)13-21/h11-15H,6-10H2,1-5H3,(H,30,31,33)/b24-15+. The number of hydrogen-bond acceptors (Lipinski definition) is 6. The highest BCUT2D eigenvalue weighted by molar-refractivity contribution is 8.18. The van der Waals surface area contributed by atoms with Gasteiger partial charge in [-0.1, -0.05) is 6.07 Å². The number of amides is 1. The third kappa shape index (κ3) is 4.92. The lowest BCUT2D eigenvalue weighted by Gasteiger charge is -2.13. The number of fused-ring (bicyclic) bond motifs is 1. The van der Waals surface area contributed by atoms with Crippen LogP contribution in [0.3, 0.4) is 0 Å². The van der Waals surface area contributed by atoms with E-state index in [2.05, 4.69) is 34.8 Å². The molecule has 5 rings (SSSR count). The number of nitrogens with zero attached hydrogens (tertiary/aromatic N) is 2. The van der Waals surface area contributed by atoms with Crippen LogP contribution in [0, 0.1) is 27.7 Å². The van der Waals surface area contributed by atoms with Gasteiger partial charge < -0.3 is 14.6 Å². The molecule has 1 amide bonds. The van der Waals surface area contributed by atoms with Gasteiger partial charge in [-0.15, -0.1) is 11.3 Å². The number of aliphatic imine (C=N–C) groups is 1. The average molecular weight is 534 g/mol. The topological polar surface area (TPSA) is 72.7 Å². The van der Waals surface area contributed by atoms with Crippen LogP contribution in [0.5, 0.6) is 0 Å². The second-order valence-electron chi connectivity index (χ2n) is 9.52. The molecule has 1 N–H and O–H groups in total. The van der Waals surface area contributed by atoms with Gasteiger partial charge in [0.15, 0.2) is 5.17 Å². The monoisotopic (exact) mass is 533 g/mol. The second kappa shape index (κ2) is 10.3. The molecular weight excluding hydrogens is 502 g/mol. The van der Waals surface area contributed by atoms with Crippen LogP contribution in [-0.4, -0.2) is 28.2 Å². The van der Waals surface area contributed by atoms with E-state index in [4.69, 9.17) is 4.74 Å². The predicted octanol–water partition coefficient (Wildman–Crippen LogP) is 6.72. The van der Waals surface area contributed by atoms with Crippen molar-refractivity contribution >= 4 is 51.9 Å². The second-order valence-corrected chi connectivity index (χ2v) is 11.6. The van der Waals surface area contributed by atoms with Crippen LogP contribution in [-0.2, 0) is 22.4 Å². The van der Waals surface area contributed by atoms with Crippen LogP contribution in [0.1, 0.15) is 68.6 Å². The number of carbonyl (C=O) groups is 2. The number of aryl methyl sites for hydroxylation is 4. The minimum atomic E-state index is -0.248. The number of ether oxygens (including phenoxy) is 1. The molecule has 0 bridgehead atoms. The van der Waals surface area contributed by atoms with E-state index in [0.717, 1.165) is 64.4 Å². The van der Waals surface area contributed by atoms with Crippen LogP contribution in [0.2, 0.25) is 0 Å². The maximum absolute atomic E-state index is 13.0. The van der Waals surface area contributed by atoms with Crippen molar-refractivity contribution in [3.8, 4) is 5.00 Å². The molecule has 0 saturated carbocycles. The molecule has 0 radical (unpaired) electrons. The van der Waals surface area contributed by atoms with Gasteiger partial charge in [0, 0.05) is 16.3 Å². The third-order valence-electron chi connectivity index (χ3n) is 6.96. The normalized spacial score (nSPS) is 17.4. The van der Waals surface area contributed by atoms with E-state index in [9.17, 15) is 9.59 Å². The Morgan fingerprint density at radius 3 is 2.68 bits per heavy atom. The number of nitrogens with one attached hydrogen (secondary N) is 1. The molecule has 1 aliphatic heterocycles. The lowest BCUT2D eigenvalue weighted by atomic mass is 9.95. The number of carbonyl (C=O) groups excluding carboxylic acids is 2. The van der Waals surface area contributed by atoms with Crippen LogP contribution in [0.25, 0.3) is 11.1 Å². The third-order valence-corrected chi connectivity index (χ3v) is 9.15. The van der Waals surface area contributed by atoms with Gasteiger partial charge in [0.25, 0.3) is 5.91 Å². The number of hydrogen-bond donors (Lipinski definition) is 1. The quantitative estimate of drug-likeness (QED) is 0.292. The molecule has 0 spiro atoms. The maximum atomic E-state index is 13.0. The molecular formula is C29H31N3O3S2. The summed E-state index contributed by atoms with van der Waals surface area (Å²) in [5.74, 6) is -0.404. The lowest BCUT2D eigenvalue weighted by molar-refractivity contribution is -0.115. The van der Waals surface area contributed by atoms with E-state index in [1.165, 1.54) is 22.2 Å². The highest BCUT2D eigenvalue weighted by Crippen LogP contribution is 2.40. The largest absolute Gasteiger partial charge is 0.462 e. The maximum Gasteiger partial charge on any atom is 0.341 e. The Hall–Kier alpha value is -3.10. The zero-order chi connectivity index (χ0) is 26.3. The molecule has 3 aromatic rings. The SMILES string of the molecule is CCOC(=O)c1c(-n2c(C)cc(/C=C3/SC(=Nc4ccc(C)c(C)c4)NC3=O)c2C)sc2c1CCCC2. The molecule has 37 heavy (non-hydrogen) atoms. The van der Waals surface area contributed by atoms with Gasteiger partial charge >= 0.3 is 5.97 Å². The molecule has 192 valence electrons. The van der Waals surface area contributed by atoms with Crippen LogP contribution >= 0.6 is 23.1 Å². The summed E-state index contributed by atoms with van der Waals surface area (Å²) in [5, 5.41) is 4.38. The Kier molecular flexibility index (Phi) is 7.14. The molecule has 1 aromatic carbocycles. The molecule has 2 aliphatic rings. The summed E-state index contributed by atoms with van der Waals surface area (Å²) in [4.78, 5) is 32.3. The average Bonchev–Trinajstić information content (AvgIpc) is 3.49. The first-order valence-corrected chi connectivity index (χ1v) is 14.3. The first-order valence-electron chi connectivity index (χ1n) is 12.6. The number of esters is 1. The van der Waals surface area contributed by atoms with Crippen molar-refractivity contribution in [3.05, 3.63) is 73.3 Å². The van der Waals surface area contributed by atoms with E-state index >= 15 is 0 Å². The van der Waals surface area contributed by atoms with E-state index in [1.807, 2.05) is 45.0 Å². The van der Waals surface area contributed by atoms with Gasteiger partial charge in [-0.3, -0.25) is 4.79 Å². The molecule has 0 unspecified atom stereocenters. The summed E-state index contributed by atoms with van der Waals surface area (Å²) in [7, 11) is 0. The molecule has 6 nitrogen and oxygen atoms in total. The highest BCUT2D eigenvalue weighted by Gasteiger charge is 2.29. The first-order chi connectivity index (χ1) is 17.8. The Labute approximate surface area is 225 Å². The molecule has 0 atom stereocenters. The number of rotatable bonds is 5. The highest BCUT2D eigenvalue weighted by atomic mass is 32.2. The molecule has 2 aromatic heterocycles. The van der Waals surface area contributed by atoms with Crippen molar-refractivity contribution in [3.63, 3.8) is 0 Å². The van der Waals surface area contributed by atoms with Gasteiger partial charge in [0.05, 0.1) is 22.8 Å². The number of thiophene rings is 1. The lowest BCUT2D eigenvalue weighted by Crippen LogP contribution is -2.19. The minimum Gasteiger partial charge on any atom is -0.462 e. The molecule has 1 saturated heterocycles. The summed E-state index contributed by atoms with van der Waals surface area (Å²) in [5.41, 5.74) is 8.00. The van der Waals surface area contributed by atoms with Gasteiger partial charge in [-0.25, -0.2) is 9.79 Å². The zero-order valence-electron chi connectivity index (χ0n) is 21.9. The predicted molar refractivity (Wildman–Crippen MR) is 152 cm³/mol. The number of aromatic nitrogens is 1. The summed E-state index contributed by atoms with van der Waals surface area (Å²) >= 11 is 3.04. The fourth-order valence-electron chi connectivity index (χ4n) is 4.90. The zero-order valence-corrected chi connectivity index (χ0v) is 23.5. The molecule has 1 aliphatic carbocycles. The van der Waals surface area contributed by atoms with Crippen molar-refractivity contribution in [2.45, 2.75) is 60.3 Å². The van der Waals surface area contributed by atoms with E-state index in [-0.39, 0.29) is 11.9 Å². The summed E-state index contributed by atoms with van der Waals surface area (Å²) in [6.45, 7) is 10.4. The van der Waals surface area contributed by atoms with E-state index < -0.39 is 0 Å². The van der Waals surface area contributed by atoms with Crippen molar-refractivity contribution in [2.24, 2.45) is 4.99 Å². The van der Waals surface area contributed by atoms with Gasteiger partial charge in [-0.05, 0) is 119 Å². The van der Waals surface area contributed by atoms with Crippen molar-refractivity contribution in [1.82, 2.24) is 9.88 Å². The van der Waals surface area contributed by atoms with Crippen LogP contribution in [0.15, 0.2) is 34.2 Å². The summed E-state index contributed by atoms with van der Waals surface area (Å²) in [6, 6.07) is 8.09. The van der Waals surface area contributed by atoms with Gasteiger partial charge in [0.1, 0.15) is 5.00 Å². The van der Waals surface area contributed by atoms with Crippen molar-refractivity contribution < 1.29 is 14.3 Å². The first kappa shape index (κ1) is 25.5. The van der Waals surface area contributed by atoms with Crippen molar-refractivity contribution in [2.75, 3.05) is 6.61 Å². The minimum absolute atomic E-state index is 0.156. The fourth-order valence-corrected chi connectivity index (χ4v) is 7.22. The summed E-state index contributed by atoms with van der Waals surface area (Å²) < 4.78 is 7.61. The number of thioether (sulfide) groups is 1. The number of benzene rings is 1. The van der Waals surface area contributed by atoms with E-state index in [1.54, 1.807) is 11.3 Å². The van der Waals surface area contributed by atoms with Crippen LogP contribution < -0.4 is 5.32 Å². The van der Waals surface area contributed by atoms with Gasteiger partial charge in [-0.2, -0.15) is 0 Å². The smallest absolute Gasteiger partial charge is 0.341 e. The van der Waals surface area contributed by atoms with Crippen molar-refractivity contribution in [1.29, 1.82) is 0 Å². The molecule has 1 fully saturated rings. The molecule has 3 heterocycles. The summed E-state index contributed by atoms with van der Waals surface area (Å²) in [6.07, 6.45) is 6.07. The Morgan fingerprint density at radius 2 is 1.92 bits per heavy atom. The Bertz CT molecular complexity index is 1480. The Morgan fingerprint density at radius 1 is 1.14 bits per heavy atom. The number of amidine groups is 1. The fraction of sp³-hybridized carbons (Fsp3) is 0.345. The van der Waals surface area contributed by atoms with Gasteiger partial charge in [0.2, 0.25) is 0 Å².